The van der Waals surface area contributed by atoms with Gasteiger partial charge in [-0.05, 0) is 25.8 Å². The lowest BCUT2D eigenvalue weighted by Crippen LogP contribution is -2.10. The maximum atomic E-state index is 10.8. The Morgan fingerprint density at radius 1 is 1.41 bits per heavy atom. The second-order valence-electron chi connectivity index (χ2n) is 4.88. The third kappa shape index (κ3) is 3.62. The molecule has 0 aliphatic carbocycles. The lowest BCUT2D eigenvalue weighted by atomic mass is 10.2. The van der Waals surface area contributed by atoms with Crippen LogP contribution in [-0.4, -0.2) is 29.2 Å². The predicted molar refractivity (Wildman–Crippen MR) is 85.5 cm³/mol. The van der Waals surface area contributed by atoms with Gasteiger partial charge in [-0.2, -0.15) is 4.98 Å². The number of aromatic nitrogens is 2. The molecule has 0 aliphatic heterocycles. The normalized spacial score (nSPS) is 10.9. The third-order valence-electron chi connectivity index (χ3n) is 3.32. The second-order valence-corrected chi connectivity index (χ2v) is 5.29. The van der Waals surface area contributed by atoms with Crippen LogP contribution in [0.2, 0.25) is 5.02 Å². The molecule has 0 saturated heterocycles. The van der Waals surface area contributed by atoms with E-state index in [0.717, 1.165) is 23.9 Å². The summed E-state index contributed by atoms with van der Waals surface area (Å²) >= 11 is 6.14. The number of hydrogen-bond donors (Lipinski definition) is 1. The Hall–Kier alpha value is -1.95. The van der Waals surface area contributed by atoms with Gasteiger partial charge in [-0.25, -0.2) is 0 Å². The minimum atomic E-state index is -0.283. The van der Waals surface area contributed by atoms with Crippen LogP contribution >= 0.6 is 11.6 Å². The van der Waals surface area contributed by atoms with E-state index in [1.54, 1.807) is 13.2 Å². The van der Waals surface area contributed by atoms with Crippen LogP contribution in [0.25, 0.3) is 11.0 Å². The highest BCUT2D eigenvalue weighted by Gasteiger charge is 2.14. The Morgan fingerprint density at radius 3 is 2.82 bits per heavy atom. The summed E-state index contributed by atoms with van der Waals surface area (Å²) in [7, 11) is 1.57. The van der Waals surface area contributed by atoms with Gasteiger partial charge in [-0.3, -0.25) is 9.36 Å². The topological polar surface area (TPSA) is 79.4 Å². The van der Waals surface area contributed by atoms with Crippen molar-refractivity contribution in [1.82, 2.24) is 9.55 Å². The molecule has 0 atom stereocenters. The maximum absolute atomic E-state index is 10.8. The lowest BCUT2D eigenvalue weighted by Gasteiger charge is -2.09. The molecule has 7 heteroatoms. The zero-order valence-electron chi connectivity index (χ0n) is 12.8. The Morgan fingerprint density at radius 2 is 2.18 bits per heavy atom. The summed E-state index contributed by atoms with van der Waals surface area (Å²) in [5.41, 5.74) is 6.81. The number of carbonyl (C=O) groups excluding carboxylic acids is 1. The Kier molecular flexibility index (Phi) is 5.49. The molecule has 0 unspecified atom stereocenters. The highest BCUT2D eigenvalue weighted by Crippen LogP contribution is 2.32. The number of primary amides is 1. The minimum absolute atomic E-state index is 0.283. The largest absolute Gasteiger partial charge is 0.495 e. The van der Waals surface area contributed by atoms with Gasteiger partial charge in [0.15, 0.2) is 0 Å². The third-order valence-corrected chi connectivity index (χ3v) is 3.61. The lowest BCUT2D eigenvalue weighted by molar-refractivity contribution is -0.118. The van der Waals surface area contributed by atoms with Crippen molar-refractivity contribution in [2.24, 2.45) is 5.73 Å². The Labute approximate surface area is 134 Å². The molecule has 0 fully saturated rings. The summed E-state index contributed by atoms with van der Waals surface area (Å²) in [6, 6.07) is 4.15. The van der Waals surface area contributed by atoms with E-state index in [0.29, 0.717) is 36.4 Å². The van der Waals surface area contributed by atoms with Crippen molar-refractivity contribution >= 4 is 28.5 Å². The first-order chi connectivity index (χ1) is 10.6. The van der Waals surface area contributed by atoms with E-state index in [9.17, 15) is 4.79 Å². The predicted octanol–water partition coefficient (Wildman–Crippen LogP) is 2.75. The smallest absolute Gasteiger partial charge is 0.297 e. The van der Waals surface area contributed by atoms with Gasteiger partial charge in [0.1, 0.15) is 5.75 Å². The van der Waals surface area contributed by atoms with Gasteiger partial charge in [0.2, 0.25) is 5.91 Å². The molecule has 1 aromatic heterocycles. The highest BCUT2D eigenvalue weighted by atomic mass is 35.5. The summed E-state index contributed by atoms with van der Waals surface area (Å²) < 4.78 is 12.8. The number of fused-ring (bicyclic) bond motifs is 1. The fourth-order valence-corrected chi connectivity index (χ4v) is 2.52. The van der Waals surface area contributed by atoms with Crippen molar-refractivity contribution in [2.75, 3.05) is 13.7 Å². The first kappa shape index (κ1) is 16.4. The number of aryl methyl sites for hydroxylation is 1. The molecule has 1 aromatic carbocycles. The number of nitrogens with zero attached hydrogens (tertiary/aromatic N) is 2. The van der Waals surface area contributed by atoms with Crippen molar-refractivity contribution in [2.45, 2.75) is 32.7 Å². The number of imidazole rings is 1. The number of halogens is 1. The van der Waals surface area contributed by atoms with Crippen LogP contribution in [0, 0.1) is 0 Å². The molecule has 120 valence electrons. The number of benzene rings is 1. The number of rotatable bonds is 8. The van der Waals surface area contributed by atoms with Gasteiger partial charge in [-0.1, -0.05) is 11.6 Å². The molecule has 2 aromatic rings. The quantitative estimate of drug-likeness (QED) is 0.757. The fraction of sp³-hybridized carbons (Fsp3) is 0.467. The van der Waals surface area contributed by atoms with Gasteiger partial charge < -0.3 is 15.2 Å². The molecule has 0 radical (unpaired) electrons. The SMILES string of the molecule is CCOc1nc2cc(Cl)c(OC)cc2n1CCCCC(N)=O. The average molecular weight is 326 g/mol. The molecule has 2 N–H and O–H groups in total. The summed E-state index contributed by atoms with van der Waals surface area (Å²) in [6.45, 7) is 3.11. The number of nitrogens with two attached hydrogens (primary N) is 1. The zero-order chi connectivity index (χ0) is 16.1. The maximum Gasteiger partial charge on any atom is 0.297 e. The number of unbranched alkanes of at least 4 members (excludes halogenated alkanes) is 1. The van der Waals surface area contributed by atoms with Crippen LogP contribution in [-0.2, 0) is 11.3 Å². The molecule has 0 aliphatic rings. The van der Waals surface area contributed by atoms with E-state index in [1.165, 1.54) is 0 Å². The summed E-state index contributed by atoms with van der Waals surface area (Å²) in [4.78, 5) is 15.3. The van der Waals surface area contributed by atoms with Crippen LogP contribution in [0.1, 0.15) is 26.2 Å². The van der Waals surface area contributed by atoms with Crippen LogP contribution < -0.4 is 15.2 Å². The van der Waals surface area contributed by atoms with Gasteiger partial charge in [0.25, 0.3) is 6.01 Å². The molecule has 0 bridgehead atoms. The molecule has 22 heavy (non-hydrogen) atoms. The molecule has 2 rings (SSSR count). The summed E-state index contributed by atoms with van der Waals surface area (Å²) in [5.74, 6) is 0.310. The molecule has 1 heterocycles. The first-order valence-electron chi connectivity index (χ1n) is 7.21. The number of amides is 1. The van der Waals surface area contributed by atoms with Gasteiger partial charge in [-0.15, -0.1) is 0 Å². The van der Waals surface area contributed by atoms with E-state index >= 15 is 0 Å². The molecular weight excluding hydrogens is 306 g/mol. The first-order valence-corrected chi connectivity index (χ1v) is 7.59. The minimum Gasteiger partial charge on any atom is -0.495 e. The monoisotopic (exact) mass is 325 g/mol. The van der Waals surface area contributed by atoms with E-state index < -0.39 is 0 Å². The van der Waals surface area contributed by atoms with Crippen molar-refractivity contribution in [3.8, 4) is 11.8 Å². The number of carbonyl (C=O) groups is 1. The van der Waals surface area contributed by atoms with Crippen LogP contribution in [0.15, 0.2) is 12.1 Å². The van der Waals surface area contributed by atoms with E-state index in [2.05, 4.69) is 4.98 Å². The molecule has 0 spiro atoms. The van der Waals surface area contributed by atoms with E-state index in [4.69, 9.17) is 26.8 Å². The van der Waals surface area contributed by atoms with Gasteiger partial charge in [0, 0.05) is 19.0 Å². The average Bonchev–Trinajstić information content (AvgIpc) is 2.79. The second kappa shape index (κ2) is 7.35. The Bertz CT molecular complexity index is 670. The summed E-state index contributed by atoms with van der Waals surface area (Å²) in [6.07, 6.45) is 1.91. The number of methoxy groups -OCH3 is 1. The van der Waals surface area contributed by atoms with Crippen molar-refractivity contribution in [3.05, 3.63) is 17.2 Å². The summed E-state index contributed by atoms with van der Waals surface area (Å²) in [5, 5.41) is 0.511. The molecular formula is C15H20ClN3O3. The fourth-order valence-electron chi connectivity index (χ4n) is 2.29. The molecule has 0 saturated carbocycles. The van der Waals surface area contributed by atoms with Gasteiger partial charge >= 0.3 is 0 Å². The van der Waals surface area contributed by atoms with Crippen molar-refractivity contribution < 1.29 is 14.3 Å². The van der Waals surface area contributed by atoms with Crippen LogP contribution in [0.4, 0.5) is 0 Å². The molecule has 1 amide bonds. The molecule has 6 nitrogen and oxygen atoms in total. The van der Waals surface area contributed by atoms with E-state index in [1.807, 2.05) is 17.6 Å². The van der Waals surface area contributed by atoms with Crippen LogP contribution in [0.5, 0.6) is 11.8 Å². The van der Waals surface area contributed by atoms with Crippen molar-refractivity contribution in [3.63, 3.8) is 0 Å². The highest BCUT2D eigenvalue weighted by molar-refractivity contribution is 6.32. The standard InChI is InChI=1S/C15H20ClN3O3/c1-3-22-15-18-11-8-10(16)13(21-2)9-12(11)19(15)7-5-4-6-14(17)20/h8-9H,3-7H2,1-2H3,(H2,17,20). The zero-order valence-corrected chi connectivity index (χ0v) is 13.5. The number of ether oxygens (including phenoxy) is 2. The number of hydrogen-bond acceptors (Lipinski definition) is 4. The van der Waals surface area contributed by atoms with E-state index in [-0.39, 0.29) is 5.91 Å². The Balaban J connectivity index is 2.31. The van der Waals surface area contributed by atoms with Crippen molar-refractivity contribution in [1.29, 1.82) is 0 Å². The van der Waals surface area contributed by atoms with Gasteiger partial charge in [0.05, 0.1) is 29.8 Å². The van der Waals surface area contributed by atoms with Crippen LogP contribution in [0.3, 0.4) is 0 Å².